The van der Waals surface area contributed by atoms with Crippen LogP contribution in [0.3, 0.4) is 0 Å². The van der Waals surface area contributed by atoms with Gasteiger partial charge in [0.25, 0.3) is 0 Å². The quantitative estimate of drug-likeness (QED) is 0.855. The first-order valence-electron chi connectivity index (χ1n) is 7.43. The highest BCUT2D eigenvalue weighted by Gasteiger charge is 2.34. The molecule has 1 aliphatic carbocycles. The minimum atomic E-state index is 0.262. The van der Waals surface area contributed by atoms with Gasteiger partial charge in [0.2, 0.25) is 0 Å². The SMILES string of the molecule is CCc1cc(C)c(C)c(C2(CN)CCCCC2)c1. The zero-order valence-electron chi connectivity index (χ0n) is 12.2. The maximum absolute atomic E-state index is 6.18. The second-order valence-corrected chi connectivity index (χ2v) is 5.98. The third-order valence-corrected chi connectivity index (χ3v) is 4.91. The van der Waals surface area contributed by atoms with Crippen molar-refractivity contribution in [2.24, 2.45) is 5.73 Å². The Morgan fingerprint density at radius 2 is 1.78 bits per heavy atom. The molecule has 1 saturated carbocycles. The van der Waals surface area contributed by atoms with Crippen molar-refractivity contribution in [1.82, 2.24) is 0 Å². The molecular weight excluding hydrogens is 218 g/mol. The van der Waals surface area contributed by atoms with Crippen LogP contribution in [0.5, 0.6) is 0 Å². The Balaban J connectivity index is 2.50. The van der Waals surface area contributed by atoms with Crippen molar-refractivity contribution in [2.45, 2.75) is 64.7 Å². The molecule has 0 aromatic heterocycles. The van der Waals surface area contributed by atoms with E-state index in [1.54, 1.807) is 5.56 Å². The van der Waals surface area contributed by atoms with Gasteiger partial charge in [0.1, 0.15) is 0 Å². The first kappa shape index (κ1) is 13.6. The number of benzene rings is 1. The van der Waals surface area contributed by atoms with Crippen molar-refractivity contribution >= 4 is 0 Å². The topological polar surface area (TPSA) is 26.0 Å². The molecule has 1 aromatic rings. The lowest BCUT2D eigenvalue weighted by atomic mass is 9.67. The summed E-state index contributed by atoms with van der Waals surface area (Å²) >= 11 is 0. The van der Waals surface area contributed by atoms with E-state index in [1.807, 2.05) is 0 Å². The smallest absolute Gasteiger partial charge is 0.00783 e. The molecule has 18 heavy (non-hydrogen) atoms. The van der Waals surface area contributed by atoms with Gasteiger partial charge in [-0.3, -0.25) is 0 Å². The summed E-state index contributed by atoms with van der Waals surface area (Å²) in [7, 11) is 0. The van der Waals surface area contributed by atoms with Crippen molar-refractivity contribution in [1.29, 1.82) is 0 Å². The normalized spacial score (nSPS) is 18.9. The molecule has 2 N–H and O–H groups in total. The lowest BCUT2D eigenvalue weighted by Crippen LogP contribution is -2.38. The Bertz CT molecular complexity index is 414. The molecule has 0 heterocycles. The zero-order chi connectivity index (χ0) is 13.2. The van der Waals surface area contributed by atoms with Crippen LogP contribution >= 0.6 is 0 Å². The van der Waals surface area contributed by atoms with Crippen LogP contribution in [-0.4, -0.2) is 6.54 Å². The number of rotatable bonds is 3. The molecule has 0 bridgehead atoms. The van der Waals surface area contributed by atoms with Gasteiger partial charge in [-0.15, -0.1) is 0 Å². The standard InChI is InChI=1S/C17H27N/c1-4-15-10-13(2)14(3)16(11-15)17(12-18)8-6-5-7-9-17/h10-11H,4-9,12,18H2,1-3H3. The van der Waals surface area contributed by atoms with Gasteiger partial charge in [-0.25, -0.2) is 0 Å². The van der Waals surface area contributed by atoms with Gasteiger partial charge in [-0.2, -0.15) is 0 Å². The van der Waals surface area contributed by atoms with Crippen LogP contribution in [0.4, 0.5) is 0 Å². The van der Waals surface area contributed by atoms with Crippen molar-refractivity contribution in [3.05, 3.63) is 34.4 Å². The molecule has 0 radical (unpaired) electrons. The van der Waals surface area contributed by atoms with Crippen LogP contribution in [0.25, 0.3) is 0 Å². The van der Waals surface area contributed by atoms with E-state index >= 15 is 0 Å². The second kappa shape index (κ2) is 5.44. The van der Waals surface area contributed by atoms with E-state index < -0.39 is 0 Å². The van der Waals surface area contributed by atoms with Gasteiger partial charge in [0.15, 0.2) is 0 Å². The van der Waals surface area contributed by atoms with E-state index in [0.717, 1.165) is 13.0 Å². The summed E-state index contributed by atoms with van der Waals surface area (Å²) in [5, 5.41) is 0. The first-order valence-corrected chi connectivity index (χ1v) is 7.43. The van der Waals surface area contributed by atoms with Crippen LogP contribution in [0.2, 0.25) is 0 Å². The lowest BCUT2D eigenvalue weighted by Gasteiger charge is -2.38. The maximum Gasteiger partial charge on any atom is 0.00783 e. The zero-order valence-corrected chi connectivity index (χ0v) is 12.2. The van der Waals surface area contributed by atoms with E-state index in [0.29, 0.717) is 0 Å². The van der Waals surface area contributed by atoms with E-state index in [1.165, 1.54) is 48.8 Å². The van der Waals surface area contributed by atoms with Crippen molar-refractivity contribution < 1.29 is 0 Å². The molecule has 0 aliphatic heterocycles. The second-order valence-electron chi connectivity index (χ2n) is 5.98. The van der Waals surface area contributed by atoms with Crippen LogP contribution in [0.15, 0.2) is 12.1 Å². The van der Waals surface area contributed by atoms with Crippen molar-refractivity contribution in [2.75, 3.05) is 6.54 Å². The fourth-order valence-electron chi connectivity index (χ4n) is 3.50. The molecule has 1 fully saturated rings. The Hall–Kier alpha value is -0.820. The first-order chi connectivity index (χ1) is 8.63. The number of aryl methyl sites for hydroxylation is 2. The highest BCUT2D eigenvalue weighted by molar-refractivity contribution is 5.43. The summed E-state index contributed by atoms with van der Waals surface area (Å²) in [4.78, 5) is 0. The van der Waals surface area contributed by atoms with E-state index in [9.17, 15) is 0 Å². The Morgan fingerprint density at radius 1 is 1.11 bits per heavy atom. The Morgan fingerprint density at radius 3 is 2.33 bits per heavy atom. The summed E-state index contributed by atoms with van der Waals surface area (Å²) < 4.78 is 0. The van der Waals surface area contributed by atoms with E-state index in [-0.39, 0.29) is 5.41 Å². The minimum Gasteiger partial charge on any atom is -0.330 e. The number of nitrogens with two attached hydrogens (primary N) is 1. The lowest BCUT2D eigenvalue weighted by molar-refractivity contribution is 0.299. The van der Waals surface area contributed by atoms with Gasteiger partial charge in [0.05, 0.1) is 0 Å². The molecule has 0 unspecified atom stereocenters. The van der Waals surface area contributed by atoms with E-state index in [4.69, 9.17) is 5.73 Å². The van der Waals surface area contributed by atoms with Gasteiger partial charge in [0, 0.05) is 12.0 Å². The maximum atomic E-state index is 6.18. The molecule has 2 rings (SSSR count). The van der Waals surface area contributed by atoms with Crippen molar-refractivity contribution in [3.8, 4) is 0 Å². The largest absolute Gasteiger partial charge is 0.330 e. The average Bonchev–Trinajstić information content (AvgIpc) is 2.42. The average molecular weight is 245 g/mol. The molecule has 1 heteroatoms. The number of hydrogen-bond donors (Lipinski definition) is 1. The predicted octanol–water partition coefficient (Wildman–Crippen LogP) is 4.03. The Kier molecular flexibility index (Phi) is 4.11. The molecule has 0 saturated heterocycles. The summed E-state index contributed by atoms with van der Waals surface area (Å²) in [6, 6.07) is 4.77. The van der Waals surface area contributed by atoms with Crippen molar-refractivity contribution in [3.63, 3.8) is 0 Å². The highest BCUT2D eigenvalue weighted by atomic mass is 14.6. The van der Waals surface area contributed by atoms with Crippen LogP contribution in [0, 0.1) is 13.8 Å². The molecule has 1 aliphatic rings. The minimum absolute atomic E-state index is 0.262. The molecule has 0 spiro atoms. The Labute approximate surface area is 112 Å². The number of hydrogen-bond acceptors (Lipinski definition) is 1. The molecule has 0 atom stereocenters. The highest BCUT2D eigenvalue weighted by Crippen LogP contribution is 2.41. The monoisotopic (exact) mass is 245 g/mol. The molecule has 0 amide bonds. The summed E-state index contributed by atoms with van der Waals surface area (Å²) in [6.45, 7) is 7.56. The summed E-state index contributed by atoms with van der Waals surface area (Å²) in [5.41, 5.74) is 12.4. The van der Waals surface area contributed by atoms with Gasteiger partial charge >= 0.3 is 0 Å². The van der Waals surface area contributed by atoms with Crippen LogP contribution in [-0.2, 0) is 11.8 Å². The molecule has 1 aromatic carbocycles. The van der Waals surface area contributed by atoms with Crippen LogP contribution < -0.4 is 5.73 Å². The molecule has 100 valence electrons. The summed E-state index contributed by atoms with van der Waals surface area (Å²) in [5.74, 6) is 0. The predicted molar refractivity (Wildman–Crippen MR) is 79.1 cm³/mol. The fourth-order valence-corrected chi connectivity index (χ4v) is 3.50. The third kappa shape index (κ3) is 2.33. The van der Waals surface area contributed by atoms with Gasteiger partial charge in [-0.05, 0) is 55.4 Å². The molecular formula is C17H27N. The summed E-state index contributed by atoms with van der Waals surface area (Å²) in [6.07, 6.45) is 7.73. The van der Waals surface area contributed by atoms with Crippen LogP contribution in [0.1, 0.15) is 61.3 Å². The van der Waals surface area contributed by atoms with E-state index in [2.05, 4.69) is 32.9 Å². The fraction of sp³-hybridized carbons (Fsp3) is 0.647. The van der Waals surface area contributed by atoms with Gasteiger partial charge in [-0.1, -0.05) is 38.3 Å². The van der Waals surface area contributed by atoms with Gasteiger partial charge < -0.3 is 5.73 Å². The third-order valence-electron chi connectivity index (χ3n) is 4.91. The molecule has 1 nitrogen and oxygen atoms in total.